The Morgan fingerprint density at radius 1 is 1.40 bits per heavy atom. The van der Waals surface area contributed by atoms with Crippen molar-refractivity contribution >= 4 is 17.6 Å². The van der Waals surface area contributed by atoms with E-state index < -0.39 is 28.9 Å². The smallest absolute Gasteiger partial charge is 0.328 e. The van der Waals surface area contributed by atoms with Crippen LogP contribution in [0.25, 0.3) is 0 Å². The molecule has 0 fully saturated rings. The number of hydrogen-bond acceptors (Lipinski definition) is 5. The molecule has 1 amide bonds. The number of aliphatic hydroxyl groups is 1. The van der Waals surface area contributed by atoms with Gasteiger partial charge >= 0.3 is 5.97 Å². The Kier molecular flexibility index (Phi) is 4.76. The van der Waals surface area contributed by atoms with Gasteiger partial charge in [-0.15, -0.1) is 0 Å². The second kappa shape index (κ2) is 6.11. The van der Waals surface area contributed by atoms with E-state index in [1.807, 2.05) is 0 Å². The van der Waals surface area contributed by atoms with E-state index in [1.165, 1.54) is 26.0 Å². The monoisotopic (exact) mass is 282 g/mol. The number of rotatable bonds is 5. The van der Waals surface area contributed by atoms with Crippen molar-refractivity contribution in [1.29, 1.82) is 0 Å². The summed E-state index contributed by atoms with van der Waals surface area (Å²) in [6, 6.07) is 2.16. The van der Waals surface area contributed by atoms with Crippen LogP contribution < -0.4 is 5.32 Å². The van der Waals surface area contributed by atoms with Gasteiger partial charge in [-0.05, 0) is 25.5 Å². The lowest BCUT2D eigenvalue weighted by Gasteiger charge is -2.17. The molecular formula is C12H14N2O6. The van der Waals surface area contributed by atoms with Crippen molar-refractivity contribution in [2.24, 2.45) is 0 Å². The molecular weight excluding hydrogens is 268 g/mol. The van der Waals surface area contributed by atoms with Crippen LogP contribution in [-0.2, 0) is 4.79 Å². The molecule has 3 N–H and O–H groups in total. The van der Waals surface area contributed by atoms with Crippen molar-refractivity contribution < 1.29 is 24.7 Å². The lowest BCUT2D eigenvalue weighted by Crippen LogP contribution is -2.47. The van der Waals surface area contributed by atoms with E-state index in [2.05, 4.69) is 5.32 Å². The number of nitro groups is 1. The summed E-state index contributed by atoms with van der Waals surface area (Å²) < 4.78 is 0. The number of aliphatic hydroxyl groups excluding tert-OH is 1. The quantitative estimate of drug-likeness (QED) is 0.531. The van der Waals surface area contributed by atoms with Crippen LogP contribution in [0.3, 0.4) is 0 Å². The second-order valence-electron chi connectivity index (χ2n) is 4.29. The molecule has 0 spiro atoms. The molecule has 8 heteroatoms. The van der Waals surface area contributed by atoms with Crippen LogP contribution in [0.15, 0.2) is 18.2 Å². The average molecular weight is 282 g/mol. The molecule has 0 saturated heterocycles. The lowest BCUT2D eigenvalue weighted by molar-refractivity contribution is -0.384. The van der Waals surface area contributed by atoms with E-state index in [0.717, 1.165) is 6.07 Å². The molecule has 0 bridgehead atoms. The van der Waals surface area contributed by atoms with Crippen LogP contribution >= 0.6 is 0 Å². The third-order valence-electron chi connectivity index (χ3n) is 2.70. The Balaban J connectivity index is 2.98. The zero-order valence-corrected chi connectivity index (χ0v) is 10.9. The van der Waals surface area contributed by atoms with Crippen molar-refractivity contribution in [3.05, 3.63) is 39.4 Å². The van der Waals surface area contributed by atoms with Crippen molar-refractivity contribution in [3.8, 4) is 0 Å². The Bertz CT molecular complexity index is 555. The molecule has 1 aromatic carbocycles. The summed E-state index contributed by atoms with van der Waals surface area (Å²) in [6.07, 6.45) is -1.27. The zero-order chi connectivity index (χ0) is 15.4. The van der Waals surface area contributed by atoms with Crippen LogP contribution in [0, 0.1) is 17.0 Å². The molecule has 1 aromatic rings. The number of hydrogen-bond donors (Lipinski definition) is 3. The first-order valence-electron chi connectivity index (χ1n) is 5.70. The summed E-state index contributed by atoms with van der Waals surface area (Å²) >= 11 is 0. The van der Waals surface area contributed by atoms with Gasteiger partial charge in [-0.1, -0.05) is 0 Å². The number of aliphatic carboxylic acids is 1. The van der Waals surface area contributed by atoms with Crippen molar-refractivity contribution in [2.45, 2.75) is 26.0 Å². The maximum Gasteiger partial charge on any atom is 0.328 e. The van der Waals surface area contributed by atoms with Gasteiger partial charge in [0, 0.05) is 17.7 Å². The third kappa shape index (κ3) is 3.51. The van der Waals surface area contributed by atoms with E-state index in [0.29, 0.717) is 5.56 Å². The van der Waals surface area contributed by atoms with Crippen LogP contribution in [0.1, 0.15) is 22.8 Å². The minimum atomic E-state index is -1.45. The molecule has 2 atom stereocenters. The number of carboxylic acid groups (broad SMARTS) is 1. The van der Waals surface area contributed by atoms with Crippen molar-refractivity contribution in [1.82, 2.24) is 5.32 Å². The Morgan fingerprint density at radius 2 is 2.00 bits per heavy atom. The van der Waals surface area contributed by atoms with Crippen LogP contribution in [0.2, 0.25) is 0 Å². The number of nitrogens with zero attached hydrogens (tertiary/aromatic N) is 1. The summed E-state index contributed by atoms with van der Waals surface area (Å²) in [5.74, 6) is -2.08. The van der Waals surface area contributed by atoms with Crippen LogP contribution in [0.4, 0.5) is 5.69 Å². The predicted molar refractivity (Wildman–Crippen MR) is 68.4 cm³/mol. The van der Waals surface area contributed by atoms with Crippen LogP contribution in [0.5, 0.6) is 0 Å². The maximum absolute atomic E-state index is 11.9. The number of benzene rings is 1. The largest absolute Gasteiger partial charge is 0.480 e. The maximum atomic E-state index is 11.9. The molecule has 108 valence electrons. The van der Waals surface area contributed by atoms with E-state index in [-0.39, 0.29) is 11.3 Å². The summed E-state index contributed by atoms with van der Waals surface area (Å²) in [6.45, 7) is 2.74. The molecule has 0 radical (unpaired) electrons. The highest BCUT2D eigenvalue weighted by Crippen LogP contribution is 2.17. The minimum Gasteiger partial charge on any atom is -0.480 e. The normalized spacial score (nSPS) is 13.3. The van der Waals surface area contributed by atoms with Gasteiger partial charge in [0.15, 0.2) is 6.04 Å². The minimum absolute atomic E-state index is 0.113. The highest BCUT2D eigenvalue weighted by molar-refractivity contribution is 5.98. The van der Waals surface area contributed by atoms with Gasteiger partial charge in [0.05, 0.1) is 11.0 Å². The molecule has 0 aliphatic rings. The molecule has 20 heavy (non-hydrogen) atoms. The number of aryl methyl sites for hydroxylation is 1. The fraction of sp³-hybridized carbons (Fsp3) is 0.333. The highest BCUT2D eigenvalue weighted by atomic mass is 16.6. The van der Waals surface area contributed by atoms with Gasteiger partial charge in [-0.2, -0.15) is 0 Å². The van der Waals surface area contributed by atoms with Gasteiger partial charge in [0.1, 0.15) is 0 Å². The SMILES string of the molecule is Cc1cc([N+](=O)[O-])ccc1C(=O)N[C@H](C(=O)O)[C@@H](C)O. The summed E-state index contributed by atoms with van der Waals surface area (Å²) in [5.41, 5.74) is 0.290. The molecule has 0 aliphatic carbocycles. The molecule has 1 rings (SSSR count). The van der Waals surface area contributed by atoms with Crippen LogP contribution in [-0.4, -0.2) is 39.2 Å². The Labute approximate surface area is 114 Å². The molecule has 0 saturated carbocycles. The zero-order valence-electron chi connectivity index (χ0n) is 10.9. The lowest BCUT2D eigenvalue weighted by atomic mass is 10.1. The first-order chi connectivity index (χ1) is 9.23. The van der Waals surface area contributed by atoms with Gasteiger partial charge in [0.2, 0.25) is 0 Å². The molecule has 0 heterocycles. The van der Waals surface area contributed by atoms with Crippen molar-refractivity contribution in [3.63, 3.8) is 0 Å². The second-order valence-corrected chi connectivity index (χ2v) is 4.29. The first-order valence-corrected chi connectivity index (χ1v) is 5.70. The number of nitrogens with one attached hydrogen (secondary N) is 1. The molecule has 8 nitrogen and oxygen atoms in total. The number of nitro benzene ring substituents is 1. The van der Waals surface area contributed by atoms with E-state index in [1.54, 1.807) is 0 Å². The summed E-state index contributed by atoms with van der Waals surface area (Å²) in [5, 5.41) is 30.9. The number of carboxylic acids is 1. The predicted octanol–water partition coefficient (Wildman–Crippen LogP) is 0.467. The number of non-ortho nitro benzene ring substituents is 1. The van der Waals surface area contributed by atoms with E-state index in [4.69, 9.17) is 5.11 Å². The molecule has 0 unspecified atom stereocenters. The van der Waals surface area contributed by atoms with Gasteiger partial charge in [-0.25, -0.2) is 4.79 Å². The summed E-state index contributed by atoms with van der Waals surface area (Å²) in [7, 11) is 0. The fourth-order valence-corrected chi connectivity index (χ4v) is 1.62. The summed E-state index contributed by atoms with van der Waals surface area (Å²) in [4.78, 5) is 32.8. The topological polar surface area (TPSA) is 130 Å². The molecule has 0 aliphatic heterocycles. The number of amides is 1. The highest BCUT2D eigenvalue weighted by Gasteiger charge is 2.26. The number of carbonyl (C=O) groups is 2. The molecule has 0 aromatic heterocycles. The standard InChI is InChI=1S/C12H14N2O6/c1-6-5-8(14(19)20)3-4-9(6)11(16)13-10(7(2)15)12(17)18/h3-5,7,10,15H,1-2H3,(H,13,16)(H,17,18)/t7-,10+/m1/s1. The Morgan fingerprint density at radius 3 is 2.40 bits per heavy atom. The fourth-order valence-electron chi connectivity index (χ4n) is 1.62. The van der Waals surface area contributed by atoms with E-state index in [9.17, 15) is 24.8 Å². The average Bonchev–Trinajstić information content (AvgIpc) is 2.34. The van der Waals surface area contributed by atoms with Gasteiger partial charge in [0.25, 0.3) is 11.6 Å². The van der Waals surface area contributed by atoms with Gasteiger partial charge < -0.3 is 15.5 Å². The number of carbonyl (C=O) groups excluding carboxylic acids is 1. The van der Waals surface area contributed by atoms with Crippen molar-refractivity contribution in [2.75, 3.05) is 0 Å². The van der Waals surface area contributed by atoms with Gasteiger partial charge in [-0.3, -0.25) is 14.9 Å². The Hall–Kier alpha value is -2.48. The first kappa shape index (κ1) is 15.6. The third-order valence-corrected chi connectivity index (χ3v) is 2.70. The van der Waals surface area contributed by atoms with E-state index >= 15 is 0 Å².